The van der Waals surface area contributed by atoms with Crippen LogP contribution in [0.5, 0.6) is 0 Å². The summed E-state index contributed by atoms with van der Waals surface area (Å²) in [5, 5.41) is 6.06. The van der Waals surface area contributed by atoms with Crippen LogP contribution in [-0.4, -0.2) is 48.0 Å². The highest BCUT2D eigenvalue weighted by atomic mass is 32.1. The van der Waals surface area contributed by atoms with Crippen molar-refractivity contribution in [2.75, 3.05) is 36.4 Å². The summed E-state index contributed by atoms with van der Waals surface area (Å²) in [4.78, 5) is 29.2. The summed E-state index contributed by atoms with van der Waals surface area (Å²) in [6.45, 7) is 4.89. The number of hydrogen-bond acceptors (Lipinski definition) is 4. The Morgan fingerprint density at radius 2 is 1.50 bits per heavy atom. The van der Waals surface area contributed by atoms with Gasteiger partial charge in [0.2, 0.25) is 5.91 Å². The molecule has 0 spiro atoms. The van der Waals surface area contributed by atoms with Crippen LogP contribution in [0.1, 0.15) is 21.5 Å². The van der Waals surface area contributed by atoms with Crippen molar-refractivity contribution in [3.8, 4) is 0 Å². The number of hydrogen-bond donors (Lipinski definition) is 2. The molecule has 1 aliphatic heterocycles. The van der Waals surface area contributed by atoms with Crippen molar-refractivity contribution in [1.82, 2.24) is 10.2 Å². The van der Waals surface area contributed by atoms with E-state index in [1.165, 1.54) is 0 Å². The van der Waals surface area contributed by atoms with Gasteiger partial charge in [0, 0.05) is 43.1 Å². The van der Waals surface area contributed by atoms with Crippen molar-refractivity contribution in [2.24, 2.45) is 0 Å². The Labute approximate surface area is 205 Å². The average Bonchev–Trinajstić information content (AvgIpc) is 2.85. The fourth-order valence-corrected chi connectivity index (χ4v) is 4.25. The molecule has 1 saturated heterocycles. The lowest BCUT2D eigenvalue weighted by Crippen LogP contribution is -2.48. The molecule has 174 valence electrons. The molecular formula is C27H28N4O2S. The van der Waals surface area contributed by atoms with Crippen molar-refractivity contribution in [2.45, 2.75) is 13.3 Å². The molecule has 1 fully saturated rings. The monoisotopic (exact) mass is 472 g/mol. The Hall–Kier alpha value is -3.71. The largest absolute Gasteiger partial charge is 0.368 e. The van der Waals surface area contributed by atoms with Gasteiger partial charge in [-0.15, -0.1) is 0 Å². The summed E-state index contributed by atoms with van der Waals surface area (Å²) in [5.74, 6) is -0.0569. The van der Waals surface area contributed by atoms with Crippen LogP contribution in [0.15, 0.2) is 78.9 Å². The van der Waals surface area contributed by atoms with Gasteiger partial charge >= 0.3 is 0 Å². The summed E-state index contributed by atoms with van der Waals surface area (Å²) < 4.78 is 0. The molecule has 0 bridgehead atoms. The molecular weight excluding hydrogens is 444 g/mol. The van der Waals surface area contributed by atoms with Gasteiger partial charge in [-0.25, -0.2) is 0 Å². The minimum Gasteiger partial charge on any atom is -0.368 e. The zero-order chi connectivity index (χ0) is 23.9. The summed E-state index contributed by atoms with van der Waals surface area (Å²) in [6.07, 6.45) is 0.278. The topological polar surface area (TPSA) is 64.7 Å². The number of aryl methyl sites for hydroxylation is 1. The van der Waals surface area contributed by atoms with Gasteiger partial charge < -0.3 is 20.4 Å². The second-order valence-electron chi connectivity index (χ2n) is 8.31. The van der Waals surface area contributed by atoms with Gasteiger partial charge in [0.1, 0.15) is 0 Å². The molecule has 4 rings (SSSR count). The number of rotatable bonds is 5. The van der Waals surface area contributed by atoms with Gasteiger partial charge in [-0.05, 0) is 60.6 Å². The molecule has 7 heteroatoms. The first-order valence-electron chi connectivity index (χ1n) is 11.3. The van der Waals surface area contributed by atoms with Crippen LogP contribution in [0, 0.1) is 6.92 Å². The Morgan fingerprint density at radius 3 is 2.18 bits per heavy atom. The van der Waals surface area contributed by atoms with Crippen molar-refractivity contribution < 1.29 is 9.59 Å². The first-order chi connectivity index (χ1) is 16.5. The van der Waals surface area contributed by atoms with Crippen LogP contribution < -0.4 is 15.5 Å². The normalized spacial score (nSPS) is 13.3. The second kappa shape index (κ2) is 10.9. The van der Waals surface area contributed by atoms with Crippen LogP contribution >= 0.6 is 12.2 Å². The minimum absolute atomic E-state index is 0.0973. The lowest BCUT2D eigenvalue weighted by molar-refractivity contribution is -0.119. The van der Waals surface area contributed by atoms with E-state index in [2.05, 4.69) is 15.5 Å². The highest BCUT2D eigenvalue weighted by molar-refractivity contribution is 7.80. The van der Waals surface area contributed by atoms with Crippen LogP contribution in [0.3, 0.4) is 0 Å². The van der Waals surface area contributed by atoms with E-state index in [1.807, 2.05) is 90.7 Å². The quantitative estimate of drug-likeness (QED) is 0.550. The van der Waals surface area contributed by atoms with Gasteiger partial charge in [-0.3, -0.25) is 9.59 Å². The van der Waals surface area contributed by atoms with Crippen LogP contribution in [0.4, 0.5) is 11.4 Å². The first kappa shape index (κ1) is 23.4. The van der Waals surface area contributed by atoms with Crippen molar-refractivity contribution in [3.05, 3.63) is 95.6 Å². The lowest BCUT2D eigenvalue weighted by Gasteiger charge is -2.36. The number of piperazine rings is 1. The fraction of sp³-hybridized carbons (Fsp3) is 0.222. The Kier molecular flexibility index (Phi) is 7.54. The van der Waals surface area contributed by atoms with E-state index in [-0.39, 0.29) is 23.3 Å². The molecule has 0 radical (unpaired) electrons. The summed E-state index contributed by atoms with van der Waals surface area (Å²) >= 11 is 5.28. The van der Waals surface area contributed by atoms with Crippen molar-refractivity contribution in [1.29, 1.82) is 0 Å². The summed E-state index contributed by atoms with van der Waals surface area (Å²) in [5.41, 5.74) is 4.62. The third-order valence-corrected chi connectivity index (χ3v) is 6.10. The van der Waals surface area contributed by atoms with Gasteiger partial charge in [0.25, 0.3) is 5.91 Å². The molecule has 0 atom stereocenters. The molecule has 34 heavy (non-hydrogen) atoms. The maximum Gasteiger partial charge on any atom is 0.254 e. The molecule has 0 saturated carbocycles. The smallest absolute Gasteiger partial charge is 0.254 e. The molecule has 0 aliphatic carbocycles. The van der Waals surface area contributed by atoms with Crippen LogP contribution in [0.25, 0.3) is 0 Å². The zero-order valence-electron chi connectivity index (χ0n) is 19.2. The number of thiocarbonyl (C=S) groups is 1. The molecule has 0 unspecified atom stereocenters. The van der Waals surface area contributed by atoms with Crippen molar-refractivity contribution in [3.63, 3.8) is 0 Å². The number of carbonyl (C=O) groups excluding carboxylic acids is 2. The molecule has 1 aliphatic rings. The first-order valence-corrected chi connectivity index (χ1v) is 11.7. The Balaban J connectivity index is 1.26. The third-order valence-electron chi connectivity index (χ3n) is 5.89. The highest BCUT2D eigenvalue weighted by Gasteiger charge is 2.23. The fourth-order valence-electron chi connectivity index (χ4n) is 4.02. The van der Waals surface area contributed by atoms with Gasteiger partial charge in [-0.1, -0.05) is 48.5 Å². The Morgan fingerprint density at radius 1 is 0.853 bits per heavy atom. The van der Waals surface area contributed by atoms with E-state index in [0.29, 0.717) is 13.1 Å². The van der Waals surface area contributed by atoms with Gasteiger partial charge in [-0.2, -0.15) is 0 Å². The molecule has 2 amide bonds. The third kappa shape index (κ3) is 5.99. The predicted octanol–water partition coefficient (Wildman–Crippen LogP) is 4.01. The molecule has 6 nitrogen and oxygen atoms in total. The maximum atomic E-state index is 12.8. The molecule has 1 heterocycles. The number of benzene rings is 3. The predicted molar refractivity (Wildman–Crippen MR) is 140 cm³/mol. The average molecular weight is 473 g/mol. The SMILES string of the molecule is Cc1ccccc1C(=O)N1CCN(c2ccc(NC(=S)NC(=O)Cc3ccccc3)cc2)CC1. The molecule has 3 aromatic carbocycles. The standard InChI is InChI=1S/C27H28N4O2S/c1-20-7-5-6-10-24(20)26(33)31-17-15-30(16-18-31)23-13-11-22(12-14-23)28-27(34)29-25(32)19-21-8-3-2-4-9-21/h2-14H,15-19H2,1H3,(H2,28,29,32,34). The molecule has 0 aromatic heterocycles. The number of anilines is 2. The summed E-state index contributed by atoms with van der Waals surface area (Å²) in [7, 11) is 0. The molecule has 2 N–H and O–H groups in total. The minimum atomic E-state index is -0.154. The summed E-state index contributed by atoms with van der Waals surface area (Å²) in [6, 6.07) is 25.2. The van der Waals surface area contributed by atoms with Gasteiger partial charge in [0.15, 0.2) is 5.11 Å². The van der Waals surface area contributed by atoms with E-state index < -0.39 is 0 Å². The number of amides is 2. The second-order valence-corrected chi connectivity index (χ2v) is 8.71. The van der Waals surface area contributed by atoms with E-state index in [0.717, 1.165) is 41.2 Å². The number of nitrogens with zero attached hydrogens (tertiary/aromatic N) is 2. The zero-order valence-corrected chi connectivity index (χ0v) is 20.0. The number of nitrogens with one attached hydrogen (secondary N) is 2. The van der Waals surface area contributed by atoms with Crippen LogP contribution in [-0.2, 0) is 11.2 Å². The van der Waals surface area contributed by atoms with E-state index in [9.17, 15) is 9.59 Å². The van der Waals surface area contributed by atoms with Crippen molar-refractivity contribution >= 4 is 40.5 Å². The van der Waals surface area contributed by atoms with E-state index in [1.54, 1.807) is 0 Å². The van der Waals surface area contributed by atoms with E-state index in [4.69, 9.17) is 12.2 Å². The Bertz CT molecular complexity index is 1160. The van der Waals surface area contributed by atoms with E-state index >= 15 is 0 Å². The lowest BCUT2D eigenvalue weighted by atomic mass is 10.1. The highest BCUT2D eigenvalue weighted by Crippen LogP contribution is 2.21. The van der Waals surface area contributed by atoms with Crippen LogP contribution in [0.2, 0.25) is 0 Å². The molecule has 3 aromatic rings. The van der Waals surface area contributed by atoms with Gasteiger partial charge in [0.05, 0.1) is 6.42 Å². The maximum absolute atomic E-state index is 12.8. The number of carbonyl (C=O) groups is 2.